The highest BCUT2D eigenvalue weighted by molar-refractivity contribution is 7.09. The number of Topliss-reactive ketones (excluding diaryl/α,β-unsaturated/α-hetero) is 1. The van der Waals surface area contributed by atoms with Crippen LogP contribution in [0.1, 0.15) is 56.7 Å². The lowest BCUT2D eigenvalue weighted by Crippen LogP contribution is -2.14. The van der Waals surface area contributed by atoms with Crippen molar-refractivity contribution in [3.8, 4) is 6.07 Å². The lowest BCUT2D eigenvalue weighted by atomic mass is 9.88. The van der Waals surface area contributed by atoms with E-state index in [-0.39, 0.29) is 16.8 Å². The maximum atomic E-state index is 12.0. The van der Waals surface area contributed by atoms with Crippen molar-refractivity contribution in [3.05, 3.63) is 21.7 Å². The molecule has 1 aliphatic rings. The molecule has 0 spiro atoms. The van der Waals surface area contributed by atoms with Gasteiger partial charge < -0.3 is 0 Å². The van der Waals surface area contributed by atoms with Gasteiger partial charge in [0.05, 0.1) is 16.3 Å². The molecular formula is C15H18N2OS. The van der Waals surface area contributed by atoms with Gasteiger partial charge in [0.1, 0.15) is 6.07 Å². The van der Waals surface area contributed by atoms with Crippen molar-refractivity contribution >= 4 is 23.2 Å². The number of nitrogens with zero attached hydrogens (tertiary/aromatic N) is 2. The van der Waals surface area contributed by atoms with Crippen LogP contribution < -0.4 is 0 Å². The van der Waals surface area contributed by atoms with Crippen LogP contribution in [0.15, 0.2) is 11.0 Å². The average molecular weight is 274 g/mol. The van der Waals surface area contributed by atoms with Crippen molar-refractivity contribution in [1.29, 1.82) is 5.26 Å². The van der Waals surface area contributed by atoms with Gasteiger partial charge in [-0.15, -0.1) is 11.3 Å². The molecule has 3 nitrogen and oxygen atoms in total. The summed E-state index contributed by atoms with van der Waals surface area (Å²) in [4.78, 5) is 16.5. The zero-order chi connectivity index (χ0) is 14.0. The van der Waals surface area contributed by atoms with Gasteiger partial charge in [-0.25, -0.2) is 4.98 Å². The highest BCUT2D eigenvalue weighted by Crippen LogP contribution is 2.41. The maximum absolute atomic E-state index is 12.0. The van der Waals surface area contributed by atoms with Crippen LogP contribution in [0.5, 0.6) is 0 Å². The Morgan fingerprint density at radius 2 is 2.26 bits per heavy atom. The second kappa shape index (κ2) is 5.26. The van der Waals surface area contributed by atoms with Crippen LogP contribution in [0.25, 0.3) is 6.08 Å². The minimum absolute atomic E-state index is 0.101. The first-order valence-corrected chi connectivity index (χ1v) is 7.37. The van der Waals surface area contributed by atoms with E-state index < -0.39 is 0 Å². The molecule has 1 saturated carbocycles. The van der Waals surface area contributed by atoms with E-state index in [4.69, 9.17) is 5.26 Å². The first-order valence-electron chi connectivity index (χ1n) is 6.49. The molecule has 0 saturated heterocycles. The van der Waals surface area contributed by atoms with Gasteiger partial charge in [0.15, 0.2) is 5.78 Å². The van der Waals surface area contributed by atoms with Gasteiger partial charge in [0, 0.05) is 17.7 Å². The Bertz CT molecular complexity index is 553. The van der Waals surface area contributed by atoms with Crippen molar-refractivity contribution in [2.45, 2.75) is 46.0 Å². The van der Waals surface area contributed by atoms with Crippen LogP contribution >= 0.6 is 11.3 Å². The van der Waals surface area contributed by atoms with Gasteiger partial charge >= 0.3 is 0 Å². The number of allylic oxidation sites excluding steroid dienone is 1. The van der Waals surface area contributed by atoms with Crippen LogP contribution in [0.3, 0.4) is 0 Å². The lowest BCUT2D eigenvalue weighted by molar-refractivity contribution is -0.116. The standard InChI is InChI=1S/C15H18N2OS/c1-15(2,3)7-13(18)11(8-16)6-12-9-19-14(17-12)10-4-5-10/h6,9-10H,4-5,7H2,1-3H3. The number of ketones is 1. The van der Waals surface area contributed by atoms with Crippen LogP contribution in [0, 0.1) is 16.7 Å². The molecule has 100 valence electrons. The van der Waals surface area contributed by atoms with E-state index in [0.717, 1.165) is 10.7 Å². The molecule has 0 amide bonds. The highest BCUT2D eigenvalue weighted by Gasteiger charge is 2.26. The van der Waals surface area contributed by atoms with Gasteiger partial charge in [0.2, 0.25) is 0 Å². The summed E-state index contributed by atoms with van der Waals surface area (Å²) in [6.45, 7) is 5.98. The molecule has 0 radical (unpaired) electrons. The molecule has 0 aromatic carbocycles. The number of nitriles is 1. The van der Waals surface area contributed by atoms with Crippen molar-refractivity contribution in [2.75, 3.05) is 0 Å². The van der Waals surface area contributed by atoms with Crippen molar-refractivity contribution < 1.29 is 4.79 Å². The van der Waals surface area contributed by atoms with Gasteiger partial charge in [0.25, 0.3) is 0 Å². The fourth-order valence-electron chi connectivity index (χ4n) is 1.78. The smallest absolute Gasteiger partial charge is 0.173 e. The fraction of sp³-hybridized carbons (Fsp3) is 0.533. The predicted octanol–water partition coefficient (Wildman–Crippen LogP) is 3.93. The summed E-state index contributed by atoms with van der Waals surface area (Å²) in [6.07, 6.45) is 4.43. The Kier molecular flexibility index (Phi) is 3.86. The number of aromatic nitrogens is 1. The number of hydrogen-bond acceptors (Lipinski definition) is 4. The SMILES string of the molecule is CC(C)(C)CC(=O)C(C#N)=Cc1csc(C2CC2)n1. The third-order valence-corrected chi connectivity index (χ3v) is 3.90. The van der Waals surface area contributed by atoms with Crippen LogP contribution in [0.4, 0.5) is 0 Å². The molecule has 1 heterocycles. The number of thiazole rings is 1. The van der Waals surface area contributed by atoms with E-state index in [2.05, 4.69) is 4.98 Å². The Labute approximate surface area is 118 Å². The van der Waals surface area contributed by atoms with E-state index in [0.29, 0.717) is 12.3 Å². The Morgan fingerprint density at radius 3 is 2.79 bits per heavy atom. The molecule has 1 aliphatic carbocycles. The first-order chi connectivity index (χ1) is 8.89. The topological polar surface area (TPSA) is 53.8 Å². The number of rotatable bonds is 4. The van der Waals surface area contributed by atoms with Crippen molar-refractivity contribution in [1.82, 2.24) is 4.98 Å². The summed E-state index contributed by atoms with van der Waals surface area (Å²) < 4.78 is 0. The molecule has 0 bridgehead atoms. The second-order valence-electron chi connectivity index (χ2n) is 6.22. The molecule has 1 aromatic heterocycles. The van der Waals surface area contributed by atoms with E-state index in [1.807, 2.05) is 32.2 Å². The van der Waals surface area contributed by atoms with Gasteiger partial charge in [-0.2, -0.15) is 5.26 Å². The van der Waals surface area contributed by atoms with E-state index in [1.54, 1.807) is 17.4 Å². The molecule has 0 unspecified atom stereocenters. The minimum atomic E-state index is -0.103. The van der Waals surface area contributed by atoms with E-state index in [1.165, 1.54) is 12.8 Å². The first kappa shape index (κ1) is 14.0. The van der Waals surface area contributed by atoms with Crippen molar-refractivity contribution in [2.24, 2.45) is 5.41 Å². The molecular weight excluding hydrogens is 256 g/mol. The Hall–Kier alpha value is -1.47. The summed E-state index contributed by atoms with van der Waals surface area (Å²) in [7, 11) is 0. The Balaban J connectivity index is 2.13. The van der Waals surface area contributed by atoms with E-state index in [9.17, 15) is 4.79 Å². The molecule has 0 atom stereocenters. The molecule has 0 aliphatic heterocycles. The van der Waals surface area contributed by atoms with Crippen LogP contribution in [0.2, 0.25) is 0 Å². The number of carbonyl (C=O) groups excluding carboxylic acids is 1. The molecule has 0 N–H and O–H groups in total. The zero-order valence-corrected chi connectivity index (χ0v) is 12.4. The molecule has 1 fully saturated rings. The minimum Gasteiger partial charge on any atom is -0.293 e. The summed E-state index contributed by atoms with van der Waals surface area (Å²) in [6, 6.07) is 2.00. The van der Waals surface area contributed by atoms with Crippen molar-refractivity contribution in [3.63, 3.8) is 0 Å². The summed E-state index contributed by atoms with van der Waals surface area (Å²) >= 11 is 1.62. The monoisotopic (exact) mass is 274 g/mol. The van der Waals surface area contributed by atoms with E-state index >= 15 is 0 Å². The lowest BCUT2D eigenvalue weighted by Gasteiger charge is -2.15. The predicted molar refractivity (Wildman–Crippen MR) is 76.8 cm³/mol. The summed E-state index contributed by atoms with van der Waals surface area (Å²) in [5.74, 6) is 0.513. The summed E-state index contributed by atoms with van der Waals surface area (Å²) in [5, 5.41) is 12.2. The van der Waals surface area contributed by atoms with Gasteiger partial charge in [-0.3, -0.25) is 4.79 Å². The fourth-order valence-corrected chi connectivity index (χ4v) is 2.73. The molecule has 2 rings (SSSR count). The number of hydrogen-bond donors (Lipinski definition) is 0. The third kappa shape index (κ3) is 4.00. The quantitative estimate of drug-likeness (QED) is 0.617. The largest absolute Gasteiger partial charge is 0.293 e. The third-order valence-electron chi connectivity index (χ3n) is 2.87. The zero-order valence-electron chi connectivity index (χ0n) is 11.6. The summed E-state index contributed by atoms with van der Waals surface area (Å²) in [5.41, 5.74) is 0.849. The molecule has 1 aromatic rings. The Morgan fingerprint density at radius 1 is 1.58 bits per heavy atom. The maximum Gasteiger partial charge on any atom is 0.173 e. The van der Waals surface area contributed by atoms with Gasteiger partial charge in [-0.1, -0.05) is 20.8 Å². The molecule has 19 heavy (non-hydrogen) atoms. The average Bonchev–Trinajstić information content (AvgIpc) is 3.04. The van der Waals surface area contributed by atoms with Crippen LogP contribution in [-0.2, 0) is 4.79 Å². The second-order valence-corrected chi connectivity index (χ2v) is 7.10. The number of carbonyl (C=O) groups is 1. The van der Waals surface area contributed by atoms with Crippen LogP contribution in [-0.4, -0.2) is 10.8 Å². The molecule has 4 heteroatoms. The normalized spacial score (nSPS) is 16.2. The highest BCUT2D eigenvalue weighted by atomic mass is 32.1. The van der Waals surface area contributed by atoms with Gasteiger partial charge in [-0.05, 0) is 24.3 Å².